The van der Waals surface area contributed by atoms with Gasteiger partial charge in [-0.1, -0.05) is 0 Å². The quantitative estimate of drug-likeness (QED) is 0.735. The summed E-state index contributed by atoms with van der Waals surface area (Å²) in [6.45, 7) is 1.86. The summed E-state index contributed by atoms with van der Waals surface area (Å²) in [5, 5.41) is 16.1. The molecule has 84 valence electrons. The SMILES string of the molecule is CO[C@H]1C[C@@H](CO)N(Cc2ccn[nH]2)C1. The van der Waals surface area contributed by atoms with Crippen molar-refractivity contribution in [3.05, 3.63) is 18.0 Å². The molecule has 1 saturated heterocycles. The van der Waals surface area contributed by atoms with Crippen LogP contribution in [0.3, 0.4) is 0 Å². The molecule has 5 nitrogen and oxygen atoms in total. The predicted molar refractivity (Wildman–Crippen MR) is 55.3 cm³/mol. The average Bonchev–Trinajstić information content (AvgIpc) is 2.87. The zero-order valence-electron chi connectivity index (χ0n) is 8.89. The van der Waals surface area contributed by atoms with Crippen LogP contribution in [-0.2, 0) is 11.3 Å². The number of H-pyrrole nitrogens is 1. The molecule has 1 aliphatic rings. The molecule has 2 rings (SSSR count). The van der Waals surface area contributed by atoms with Crippen molar-refractivity contribution in [2.45, 2.75) is 25.1 Å². The van der Waals surface area contributed by atoms with Gasteiger partial charge < -0.3 is 9.84 Å². The van der Waals surface area contributed by atoms with Crippen LogP contribution in [0, 0.1) is 0 Å². The van der Waals surface area contributed by atoms with E-state index in [1.54, 1.807) is 13.3 Å². The Kier molecular flexibility index (Phi) is 3.35. The number of aromatic nitrogens is 2. The predicted octanol–water partition coefficient (Wildman–Crippen LogP) is -0.00870. The van der Waals surface area contributed by atoms with E-state index >= 15 is 0 Å². The summed E-state index contributed by atoms with van der Waals surface area (Å²) in [6, 6.07) is 2.16. The highest BCUT2D eigenvalue weighted by atomic mass is 16.5. The second-order valence-electron chi connectivity index (χ2n) is 3.94. The van der Waals surface area contributed by atoms with Crippen LogP contribution >= 0.6 is 0 Å². The van der Waals surface area contributed by atoms with Gasteiger partial charge in [0.05, 0.1) is 12.7 Å². The Morgan fingerprint density at radius 1 is 1.73 bits per heavy atom. The van der Waals surface area contributed by atoms with E-state index in [1.807, 2.05) is 6.07 Å². The molecule has 0 aliphatic carbocycles. The second-order valence-corrected chi connectivity index (χ2v) is 3.94. The fourth-order valence-corrected chi connectivity index (χ4v) is 2.08. The molecule has 0 amide bonds. The Morgan fingerprint density at radius 2 is 2.60 bits per heavy atom. The fourth-order valence-electron chi connectivity index (χ4n) is 2.08. The number of aliphatic hydroxyl groups is 1. The van der Waals surface area contributed by atoms with Crippen LogP contribution in [0.15, 0.2) is 12.3 Å². The number of nitrogens with one attached hydrogen (secondary N) is 1. The molecule has 5 heteroatoms. The number of nitrogens with zero attached hydrogens (tertiary/aromatic N) is 2. The fraction of sp³-hybridized carbons (Fsp3) is 0.700. The van der Waals surface area contributed by atoms with E-state index in [4.69, 9.17) is 4.74 Å². The maximum Gasteiger partial charge on any atom is 0.0714 e. The first kappa shape index (κ1) is 10.6. The number of ether oxygens (including phenoxy) is 1. The molecular formula is C10H17N3O2. The second kappa shape index (κ2) is 4.74. The van der Waals surface area contributed by atoms with Crippen molar-refractivity contribution in [3.8, 4) is 0 Å². The minimum absolute atomic E-state index is 0.188. The summed E-state index contributed by atoms with van der Waals surface area (Å²) < 4.78 is 5.31. The van der Waals surface area contributed by atoms with E-state index < -0.39 is 0 Å². The van der Waals surface area contributed by atoms with E-state index in [0.29, 0.717) is 0 Å². The summed E-state index contributed by atoms with van der Waals surface area (Å²) >= 11 is 0. The molecule has 1 fully saturated rings. The number of hydrogen-bond acceptors (Lipinski definition) is 4. The summed E-state index contributed by atoms with van der Waals surface area (Å²) in [5.74, 6) is 0. The van der Waals surface area contributed by atoms with E-state index in [0.717, 1.165) is 25.2 Å². The Balaban J connectivity index is 1.96. The van der Waals surface area contributed by atoms with Crippen molar-refractivity contribution < 1.29 is 9.84 Å². The van der Waals surface area contributed by atoms with Crippen molar-refractivity contribution in [1.29, 1.82) is 0 Å². The molecule has 2 atom stereocenters. The van der Waals surface area contributed by atoms with Gasteiger partial charge in [0.1, 0.15) is 0 Å². The monoisotopic (exact) mass is 211 g/mol. The first-order valence-corrected chi connectivity index (χ1v) is 5.19. The topological polar surface area (TPSA) is 61.4 Å². The molecular weight excluding hydrogens is 194 g/mol. The van der Waals surface area contributed by atoms with Gasteiger partial charge in [0, 0.05) is 38.1 Å². The molecule has 0 aromatic carbocycles. The Hall–Kier alpha value is -0.910. The summed E-state index contributed by atoms with van der Waals surface area (Å²) in [4.78, 5) is 2.22. The molecule has 0 spiro atoms. The van der Waals surface area contributed by atoms with Gasteiger partial charge in [-0.05, 0) is 12.5 Å². The van der Waals surface area contributed by atoms with Crippen molar-refractivity contribution in [3.63, 3.8) is 0 Å². The Bertz CT molecular complexity index is 289. The van der Waals surface area contributed by atoms with Crippen LogP contribution in [-0.4, -0.2) is 52.6 Å². The normalized spacial score (nSPS) is 27.3. The third-order valence-corrected chi connectivity index (χ3v) is 2.97. The van der Waals surface area contributed by atoms with Crippen LogP contribution in [0.5, 0.6) is 0 Å². The van der Waals surface area contributed by atoms with Crippen LogP contribution in [0.4, 0.5) is 0 Å². The summed E-state index contributed by atoms with van der Waals surface area (Å²) in [7, 11) is 1.72. The Morgan fingerprint density at radius 3 is 3.20 bits per heavy atom. The van der Waals surface area contributed by atoms with Gasteiger partial charge in [-0.3, -0.25) is 10.00 Å². The highest BCUT2D eigenvalue weighted by Gasteiger charge is 2.31. The highest BCUT2D eigenvalue weighted by Crippen LogP contribution is 2.21. The first-order chi connectivity index (χ1) is 7.33. The maximum absolute atomic E-state index is 9.26. The lowest BCUT2D eigenvalue weighted by atomic mass is 10.2. The molecule has 0 radical (unpaired) electrons. The smallest absolute Gasteiger partial charge is 0.0714 e. The van der Waals surface area contributed by atoms with Gasteiger partial charge in [0.15, 0.2) is 0 Å². The molecule has 2 N–H and O–H groups in total. The van der Waals surface area contributed by atoms with Crippen LogP contribution in [0.1, 0.15) is 12.1 Å². The first-order valence-electron chi connectivity index (χ1n) is 5.19. The van der Waals surface area contributed by atoms with Gasteiger partial charge in [-0.25, -0.2) is 0 Å². The average molecular weight is 211 g/mol. The van der Waals surface area contributed by atoms with Gasteiger partial charge in [-0.15, -0.1) is 0 Å². The van der Waals surface area contributed by atoms with Crippen molar-refractivity contribution >= 4 is 0 Å². The molecule has 1 aliphatic heterocycles. The van der Waals surface area contributed by atoms with Gasteiger partial charge >= 0.3 is 0 Å². The number of hydrogen-bond donors (Lipinski definition) is 2. The third kappa shape index (κ3) is 2.37. The molecule has 0 unspecified atom stereocenters. The standard InChI is InChI=1S/C10H17N3O2/c1-15-10-4-9(7-14)13(6-10)5-8-2-3-11-12-8/h2-3,9-10,14H,4-7H2,1H3,(H,11,12)/t9-,10-/m0/s1. The van der Waals surface area contributed by atoms with Crippen LogP contribution in [0.2, 0.25) is 0 Å². The highest BCUT2D eigenvalue weighted by molar-refractivity contribution is 4.99. The molecule has 15 heavy (non-hydrogen) atoms. The zero-order valence-corrected chi connectivity index (χ0v) is 8.89. The van der Waals surface area contributed by atoms with Gasteiger partial charge in [-0.2, -0.15) is 5.10 Å². The number of aromatic amines is 1. The summed E-state index contributed by atoms with van der Waals surface area (Å²) in [5.41, 5.74) is 1.07. The van der Waals surface area contributed by atoms with Crippen LogP contribution < -0.4 is 0 Å². The van der Waals surface area contributed by atoms with Crippen molar-refractivity contribution in [2.75, 3.05) is 20.3 Å². The number of methoxy groups -OCH3 is 1. The lowest BCUT2D eigenvalue weighted by Crippen LogP contribution is -2.32. The van der Waals surface area contributed by atoms with Gasteiger partial charge in [0.25, 0.3) is 0 Å². The van der Waals surface area contributed by atoms with E-state index in [9.17, 15) is 5.11 Å². The minimum atomic E-state index is 0.188. The van der Waals surface area contributed by atoms with E-state index in [1.165, 1.54) is 0 Å². The van der Waals surface area contributed by atoms with Crippen molar-refractivity contribution in [2.24, 2.45) is 0 Å². The molecule has 1 aromatic rings. The largest absolute Gasteiger partial charge is 0.395 e. The maximum atomic E-state index is 9.26. The van der Waals surface area contributed by atoms with E-state index in [2.05, 4.69) is 15.1 Å². The molecule has 0 bridgehead atoms. The van der Waals surface area contributed by atoms with E-state index in [-0.39, 0.29) is 18.8 Å². The Labute approximate surface area is 89.0 Å². The number of rotatable bonds is 4. The zero-order chi connectivity index (χ0) is 10.7. The lowest BCUT2D eigenvalue weighted by molar-refractivity contribution is 0.107. The third-order valence-electron chi connectivity index (χ3n) is 2.97. The molecule has 0 saturated carbocycles. The number of likely N-dealkylation sites (tertiary alicyclic amines) is 1. The van der Waals surface area contributed by atoms with Crippen molar-refractivity contribution in [1.82, 2.24) is 15.1 Å². The van der Waals surface area contributed by atoms with Gasteiger partial charge in [0.2, 0.25) is 0 Å². The summed E-state index contributed by atoms with van der Waals surface area (Å²) in [6.07, 6.45) is 2.89. The molecule has 2 heterocycles. The van der Waals surface area contributed by atoms with Crippen LogP contribution in [0.25, 0.3) is 0 Å². The lowest BCUT2D eigenvalue weighted by Gasteiger charge is -2.21. The molecule has 1 aromatic heterocycles. The minimum Gasteiger partial charge on any atom is -0.395 e. The number of aliphatic hydroxyl groups excluding tert-OH is 1.